The van der Waals surface area contributed by atoms with E-state index < -0.39 is 29.4 Å². The standard InChI is InChI=1S/C22H25BrN2O6/c1-6-25-15-9-8-13(23)10-14(15)22(21(25)28)16(20(27)30-11(3)4)12(5)31-18(24)17(22)19(26)29-7-2/h8-11H,6-7,24H2,1-5H3. The third kappa shape index (κ3) is 3.40. The number of nitrogens with zero attached hydrogens (tertiary/aromatic N) is 1. The molecule has 1 aromatic rings. The molecule has 166 valence electrons. The highest BCUT2D eigenvalue weighted by molar-refractivity contribution is 9.10. The van der Waals surface area contributed by atoms with E-state index in [-0.39, 0.29) is 29.4 Å². The first-order valence-electron chi connectivity index (χ1n) is 10.0. The molecule has 1 spiro atoms. The van der Waals surface area contributed by atoms with Gasteiger partial charge in [0.15, 0.2) is 0 Å². The Bertz CT molecular complexity index is 1030. The highest BCUT2D eigenvalue weighted by atomic mass is 79.9. The maximum absolute atomic E-state index is 14.0. The molecule has 0 fully saturated rings. The second-order valence-corrected chi connectivity index (χ2v) is 8.32. The highest BCUT2D eigenvalue weighted by Crippen LogP contribution is 2.55. The Kier molecular flexibility index (Phi) is 6.18. The molecule has 0 saturated carbocycles. The molecule has 0 bridgehead atoms. The van der Waals surface area contributed by atoms with E-state index in [4.69, 9.17) is 19.9 Å². The number of carbonyl (C=O) groups is 3. The third-order valence-corrected chi connectivity index (χ3v) is 5.67. The molecular weight excluding hydrogens is 468 g/mol. The smallest absolute Gasteiger partial charge is 0.341 e. The number of nitrogens with two attached hydrogens (primary N) is 1. The predicted octanol–water partition coefficient (Wildman–Crippen LogP) is 3.04. The number of fused-ring (bicyclic) bond motifs is 2. The van der Waals surface area contributed by atoms with Crippen LogP contribution in [0.2, 0.25) is 0 Å². The van der Waals surface area contributed by atoms with Crippen LogP contribution in [0.15, 0.2) is 45.5 Å². The molecule has 8 nitrogen and oxygen atoms in total. The first kappa shape index (κ1) is 22.9. The van der Waals surface area contributed by atoms with Gasteiger partial charge in [-0.1, -0.05) is 15.9 Å². The Balaban J connectivity index is 2.44. The van der Waals surface area contributed by atoms with Crippen LogP contribution >= 0.6 is 15.9 Å². The van der Waals surface area contributed by atoms with Crippen LogP contribution in [0.25, 0.3) is 0 Å². The Morgan fingerprint density at radius 3 is 2.48 bits per heavy atom. The van der Waals surface area contributed by atoms with Gasteiger partial charge in [0.25, 0.3) is 0 Å². The third-order valence-electron chi connectivity index (χ3n) is 5.17. The maximum atomic E-state index is 14.0. The van der Waals surface area contributed by atoms with Crippen LogP contribution in [0.1, 0.15) is 40.2 Å². The van der Waals surface area contributed by atoms with E-state index in [9.17, 15) is 14.4 Å². The van der Waals surface area contributed by atoms with Crippen molar-refractivity contribution in [2.45, 2.75) is 46.1 Å². The largest absolute Gasteiger partial charge is 0.462 e. The molecule has 0 radical (unpaired) electrons. The summed E-state index contributed by atoms with van der Waals surface area (Å²) in [7, 11) is 0. The molecule has 1 aromatic carbocycles. The van der Waals surface area contributed by atoms with Crippen molar-refractivity contribution in [2.75, 3.05) is 18.1 Å². The molecule has 2 aliphatic heterocycles. The number of likely N-dealkylation sites (N-methyl/N-ethyl adjacent to an activating group) is 1. The van der Waals surface area contributed by atoms with Gasteiger partial charge >= 0.3 is 11.9 Å². The summed E-state index contributed by atoms with van der Waals surface area (Å²) in [4.78, 5) is 41.9. The second-order valence-electron chi connectivity index (χ2n) is 7.41. The zero-order chi connectivity index (χ0) is 23.1. The quantitative estimate of drug-likeness (QED) is 0.629. The van der Waals surface area contributed by atoms with Gasteiger partial charge in [0.2, 0.25) is 11.8 Å². The van der Waals surface area contributed by atoms with Crippen molar-refractivity contribution in [1.82, 2.24) is 0 Å². The van der Waals surface area contributed by atoms with Gasteiger partial charge in [-0.15, -0.1) is 0 Å². The van der Waals surface area contributed by atoms with Gasteiger partial charge in [-0.25, -0.2) is 9.59 Å². The molecule has 0 aromatic heterocycles. The van der Waals surface area contributed by atoms with Crippen molar-refractivity contribution in [1.29, 1.82) is 0 Å². The van der Waals surface area contributed by atoms with Gasteiger partial charge < -0.3 is 24.8 Å². The van der Waals surface area contributed by atoms with Crippen molar-refractivity contribution >= 4 is 39.5 Å². The number of benzene rings is 1. The minimum atomic E-state index is -1.85. The minimum absolute atomic E-state index is 0.0528. The molecule has 1 amide bonds. The van der Waals surface area contributed by atoms with Crippen LogP contribution in [0.5, 0.6) is 0 Å². The molecule has 9 heteroatoms. The Morgan fingerprint density at radius 2 is 1.90 bits per heavy atom. The summed E-state index contributed by atoms with van der Waals surface area (Å²) in [6.45, 7) is 8.73. The molecule has 0 saturated heterocycles. The van der Waals surface area contributed by atoms with Crippen molar-refractivity contribution in [3.63, 3.8) is 0 Å². The molecular formula is C22H25BrN2O6. The fraction of sp³-hybridized carbons (Fsp3) is 0.409. The minimum Gasteiger partial charge on any atom is -0.462 e. The number of esters is 2. The summed E-state index contributed by atoms with van der Waals surface area (Å²) in [6, 6.07) is 5.24. The molecule has 2 aliphatic rings. The Morgan fingerprint density at radius 1 is 1.23 bits per heavy atom. The summed E-state index contributed by atoms with van der Waals surface area (Å²) in [5.41, 5.74) is 4.99. The lowest BCUT2D eigenvalue weighted by atomic mass is 9.67. The number of amides is 1. The average Bonchev–Trinajstić information content (AvgIpc) is 2.89. The van der Waals surface area contributed by atoms with Crippen LogP contribution in [-0.4, -0.2) is 37.1 Å². The number of ether oxygens (including phenoxy) is 3. The summed E-state index contributed by atoms with van der Waals surface area (Å²) < 4.78 is 16.9. The van der Waals surface area contributed by atoms with E-state index in [1.807, 2.05) is 6.92 Å². The highest BCUT2D eigenvalue weighted by Gasteiger charge is 2.63. The van der Waals surface area contributed by atoms with Gasteiger partial charge in [-0.2, -0.15) is 0 Å². The summed E-state index contributed by atoms with van der Waals surface area (Å²) in [5.74, 6) is -2.28. The summed E-state index contributed by atoms with van der Waals surface area (Å²) in [5, 5.41) is 0. The normalized spacial score (nSPS) is 20.4. The van der Waals surface area contributed by atoms with E-state index in [0.29, 0.717) is 22.3 Å². The SMILES string of the molecule is CCOC(=O)C1=C(N)OC(C)=C(C(=O)OC(C)C)C12C(=O)N(CC)c1ccc(Br)cc12. The fourth-order valence-electron chi connectivity index (χ4n) is 4.14. The first-order chi connectivity index (χ1) is 14.6. The molecule has 0 aliphatic carbocycles. The van der Waals surface area contributed by atoms with Gasteiger partial charge in [0.05, 0.1) is 12.7 Å². The number of halogens is 1. The van der Waals surface area contributed by atoms with E-state index in [1.54, 1.807) is 39.0 Å². The molecule has 31 heavy (non-hydrogen) atoms. The van der Waals surface area contributed by atoms with Crippen molar-refractivity contribution < 1.29 is 28.6 Å². The van der Waals surface area contributed by atoms with E-state index in [1.165, 1.54) is 11.8 Å². The van der Waals surface area contributed by atoms with Crippen LogP contribution < -0.4 is 10.6 Å². The molecule has 2 N–H and O–H groups in total. The van der Waals surface area contributed by atoms with Gasteiger partial charge in [-0.05, 0) is 52.8 Å². The number of rotatable bonds is 5. The first-order valence-corrected chi connectivity index (χ1v) is 10.8. The monoisotopic (exact) mass is 492 g/mol. The lowest BCUT2D eigenvalue weighted by Gasteiger charge is -2.36. The van der Waals surface area contributed by atoms with Gasteiger partial charge in [0.1, 0.15) is 22.3 Å². The Hall–Kier alpha value is -2.81. The van der Waals surface area contributed by atoms with E-state index in [0.717, 1.165) is 0 Å². The number of carbonyl (C=O) groups excluding carboxylic acids is 3. The van der Waals surface area contributed by atoms with Crippen LogP contribution in [0.3, 0.4) is 0 Å². The zero-order valence-corrected chi connectivity index (χ0v) is 19.7. The molecule has 2 heterocycles. The second kappa shape index (κ2) is 8.37. The van der Waals surface area contributed by atoms with Crippen molar-refractivity contribution in [3.8, 4) is 0 Å². The van der Waals surface area contributed by atoms with Gasteiger partial charge in [-0.3, -0.25) is 4.79 Å². The van der Waals surface area contributed by atoms with Gasteiger partial charge in [0, 0.05) is 22.3 Å². The lowest BCUT2D eigenvalue weighted by Crippen LogP contribution is -2.51. The number of allylic oxidation sites excluding steroid dienone is 1. The van der Waals surface area contributed by atoms with E-state index >= 15 is 0 Å². The Labute approximate surface area is 189 Å². The number of anilines is 1. The van der Waals surface area contributed by atoms with E-state index in [2.05, 4.69) is 15.9 Å². The predicted molar refractivity (Wildman–Crippen MR) is 117 cm³/mol. The summed E-state index contributed by atoms with van der Waals surface area (Å²) >= 11 is 3.44. The van der Waals surface area contributed by atoms with Crippen LogP contribution in [0.4, 0.5) is 5.69 Å². The number of hydrogen-bond acceptors (Lipinski definition) is 7. The molecule has 1 unspecified atom stereocenters. The van der Waals surface area contributed by atoms with Crippen molar-refractivity contribution in [2.24, 2.45) is 5.73 Å². The molecule has 3 rings (SSSR count). The van der Waals surface area contributed by atoms with Crippen LogP contribution in [-0.2, 0) is 34.0 Å². The average molecular weight is 493 g/mol. The summed E-state index contributed by atoms with van der Waals surface area (Å²) in [6.07, 6.45) is -0.458. The topological polar surface area (TPSA) is 108 Å². The lowest BCUT2D eigenvalue weighted by molar-refractivity contribution is -0.146. The van der Waals surface area contributed by atoms with Crippen LogP contribution in [0, 0.1) is 0 Å². The fourth-order valence-corrected chi connectivity index (χ4v) is 4.50. The van der Waals surface area contributed by atoms with Crippen molar-refractivity contribution in [3.05, 3.63) is 51.0 Å². The zero-order valence-electron chi connectivity index (χ0n) is 18.1. The number of hydrogen-bond donors (Lipinski definition) is 1. The molecule has 1 atom stereocenters. The maximum Gasteiger partial charge on any atom is 0.341 e.